The quantitative estimate of drug-likeness (QED) is 0.878. The van der Waals surface area contributed by atoms with Crippen LogP contribution in [0.1, 0.15) is 18.5 Å². The Morgan fingerprint density at radius 2 is 2.06 bits per heavy atom. The third-order valence-electron chi connectivity index (χ3n) is 2.85. The number of halogens is 1. The van der Waals surface area contributed by atoms with Crippen LogP contribution in [-0.2, 0) is 0 Å². The van der Waals surface area contributed by atoms with Gasteiger partial charge in [-0.05, 0) is 41.4 Å². The molecule has 1 N–H and O–H groups in total. The van der Waals surface area contributed by atoms with E-state index < -0.39 is 0 Å². The SMILES string of the molecule is CC(Nc1cccc(Cl)c1N(C)C)c1ccsc1. The van der Waals surface area contributed by atoms with E-state index in [-0.39, 0.29) is 6.04 Å². The zero-order chi connectivity index (χ0) is 13.1. The highest BCUT2D eigenvalue weighted by Gasteiger charge is 2.12. The molecule has 1 heterocycles. The van der Waals surface area contributed by atoms with Gasteiger partial charge in [-0.3, -0.25) is 0 Å². The lowest BCUT2D eigenvalue weighted by molar-refractivity contribution is 0.888. The second kappa shape index (κ2) is 5.63. The molecule has 0 saturated heterocycles. The Kier molecular flexibility index (Phi) is 4.15. The van der Waals surface area contributed by atoms with Gasteiger partial charge in [0.05, 0.1) is 16.4 Å². The van der Waals surface area contributed by atoms with Gasteiger partial charge in [-0.25, -0.2) is 0 Å². The normalized spacial score (nSPS) is 12.2. The molecule has 96 valence electrons. The molecule has 0 aliphatic rings. The van der Waals surface area contributed by atoms with Crippen LogP contribution >= 0.6 is 22.9 Å². The fraction of sp³-hybridized carbons (Fsp3) is 0.286. The Morgan fingerprint density at radius 1 is 1.28 bits per heavy atom. The number of anilines is 2. The third-order valence-corrected chi connectivity index (χ3v) is 3.86. The molecular weight excluding hydrogens is 264 g/mol. The number of para-hydroxylation sites is 1. The van der Waals surface area contributed by atoms with E-state index in [9.17, 15) is 0 Å². The minimum atomic E-state index is 0.272. The molecule has 0 bridgehead atoms. The zero-order valence-corrected chi connectivity index (χ0v) is 12.3. The number of hydrogen-bond donors (Lipinski definition) is 1. The summed E-state index contributed by atoms with van der Waals surface area (Å²) >= 11 is 7.97. The van der Waals surface area contributed by atoms with E-state index in [0.717, 1.165) is 16.4 Å². The summed E-state index contributed by atoms with van der Waals surface area (Å²) in [5.41, 5.74) is 3.39. The summed E-state index contributed by atoms with van der Waals surface area (Å²) < 4.78 is 0. The zero-order valence-electron chi connectivity index (χ0n) is 10.8. The summed E-state index contributed by atoms with van der Waals surface area (Å²) in [6.45, 7) is 2.16. The molecule has 1 atom stereocenters. The summed E-state index contributed by atoms with van der Waals surface area (Å²) in [4.78, 5) is 2.03. The van der Waals surface area contributed by atoms with Gasteiger partial charge in [0.15, 0.2) is 0 Å². The molecule has 2 nitrogen and oxygen atoms in total. The van der Waals surface area contributed by atoms with E-state index in [1.165, 1.54) is 5.56 Å². The predicted octanol–water partition coefficient (Wildman–Crippen LogP) is 4.64. The molecule has 2 aromatic rings. The molecule has 0 aliphatic heterocycles. The Balaban J connectivity index is 2.26. The minimum absolute atomic E-state index is 0.272. The number of nitrogens with one attached hydrogen (secondary N) is 1. The van der Waals surface area contributed by atoms with Crippen molar-refractivity contribution in [2.45, 2.75) is 13.0 Å². The Morgan fingerprint density at radius 3 is 2.67 bits per heavy atom. The van der Waals surface area contributed by atoms with Gasteiger partial charge in [0.1, 0.15) is 0 Å². The highest BCUT2D eigenvalue weighted by Crippen LogP contribution is 2.34. The third kappa shape index (κ3) is 2.79. The van der Waals surface area contributed by atoms with E-state index in [4.69, 9.17) is 11.6 Å². The molecule has 0 spiro atoms. The van der Waals surface area contributed by atoms with Crippen LogP contribution < -0.4 is 10.2 Å². The van der Waals surface area contributed by atoms with E-state index in [2.05, 4.69) is 35.1 Å². The number of rotatable bonds is 4. The van der Waals surface area contributed by atoms with Crippen LogP contribution in [0.2, 0.25) is 5.02 Å². The molecule has 1 unspecified atom stereocenters. The standard InChI is InChI=1S/C14H17ClN2S/c1-10(11-7-8-18-9-11)16-13-6-4-5-12(15)14(13)17(2)3/h4-10,16H,1-3H3. The molecule has 0 saturated carbocycles. The summed E-state index contributed by atoms with van der Waals surface area (Å²) in [6.07, 6.45) is 0. The van der Waals surface area contributed by atoms with Crippen molar-refractivity contribution < 1.29 is 0 Å². The Hall–Kier alpha value is -1.19. The highest BCUT2D eigenvalue weighted by atomic mass is 35.5. The molecule has 0 aliphatic carbocycles. The highest BCUT2D eigenvalue weighted by molar-refractivity contribution is 7.08. The summed E-state index contributed by atoms with van der Waals surface area (Å²) in [5, 5.41) is 8.54. The van der Waals surface area contributed by atoms with E-state index >= 15 is 0 Å². The molecule has 1 aromatic carbocycles. The molecule has 2 rings (SSSR count). The van der Waals surface area contributed by atoms with Gasteiger partial charge in [-0.2, -0.15) is 11.3 Å². The summed E-state index contributed by atoms with van der Waals surface area (Å²) in [6, 6.07) is 8.36. The average molecular weight is 281 g/mol. The maximum Gasteiger partial charge on any atom is 0.0786 e. The van der Waals surface area contributed by atoms with Gasteiger partial charge in [0.25, 0.3) is 0 Å². The Bertz CT molecular complexity index is 509. The van der Waals surface area contributed by atoms with E-state index in [1.807, 2.05) is 31.1 Å². The van der Waals surface area contributed by atoms with Crippen molar-refractivity contribution in [2.75, 3.05) is 24.3 Å². The van der Waals surface area contributed by atoms with Crippen molar-refractivity contribution in [3.05, 3.63) is 45.6 Å². The van der Waals surface area contributed by atoms with Gasteiger partial charge >= 0.3 is 0 Å². The summed E-state index contributed by atoms with van der Waals surface area (Å²) in [7, 11) is 4.00. The lowest BCUT2D eigenvalue weighted by Gasteiger charge is -2.22. The molecule has 0 radical (unpaired) electrons. The fourth-order valence-electron chi connectivity index (χ4n) is 1.92. The first-order valence-corrected chi connectivity index (χ1v) is 7.16. The van der Waals surface area contributed by atoms with Gasteiger partial charge in [0, 0.05) is 20.1 Å². The first kappa shape index (κ1) is 13.2. The van der Waals surface area contributed by atoms with Crippen molar-refractivity contribution >= 4 is 34.3 Å². The first-order valence-electron chi connectivity index (χ1n) is 5.84. The molecule has 18 heavy (non-hydrogen) atoms. The van der Waals surface area contributed by atoms with Crippen molar-refractivity contribution in [2.24, 2.45) is 0 Å². The average Bonchev–Trinajstić information content (AvgIpc) is 2.81. The molecule has 0 amide bonds. The largest absolute Gasteiger partial charge is 0.377 e. The topological polar surface area (TPSA) is 15.3 Å². The first-order chi connectivity index (χ1) is 8.59. The van der Waals surface area contributed by atoms with Crippen molar-refractivity contribution in [3.63, 3.8) is 0 Å². The number of thiophene rings is 1. The number of nitrogens with zero attached hydrogens (tertiary/aromatic N) is 1. The minimum Gasteiger partial charge on any atom is -0.377 e. The van der Waals surface area contributed by atoms with Crippen LogP contribution in [0.5, 0.6) is 0 Å². The fourth-order valence-corrected chi connectivity index (χ4v) is 3.02. The number of hydrogen-bond acceptors (Lipinski definition) is 3. The van der Waals surface area contributed by atoms with Crippen LogP contribution in [0.25, 0.3) is 0 Å². The molecule has 1 aromatic heterocycles. The van der Waals surface area contributed by atoms with Gasteiger partial charge < -0.3 is 10.2 Å². The maximum absolute atomic E-state index is 6.25. The predicted molar refractivity (Wildman–Crippen MR) is 82.1 cm³/mol. The summed E-state index contributed by atoms with van der Waals surface area (Å²) in [5.74, 6) is 0. The lowest BCUT2D eigenvalue weighted by atomic mass is 10.1. The lowest BCUT2D eigenvalue weighted by Crippen LogP contribution is -2.14. The van der Waals surface area contributed by atoms with Crippen LogP contribution in [-0.4, -0.2) is 14.1 Å². The van der Waals surface area contributed by atoms with Crippen molar-refractivity contribution in [1.82, 2.24) is 0 Å². The molecule has 4 heteroatoms. The van der Waals surface area contributed by atoms with Crippen LogP contribution in [0.15, 0.2) is 35.0 Å². The Labute approximate surface area is 117 Å². The van der Waals surface area contributed by atoms with Crippen LogP contribution in [0.3, 0.4) is 0 Å². The second-order valence-electron chi connectivity index (χ2n) is 4.45. The van der Waals surface area contributed by atoms with Crippen LogP contribution in [0, 0.1) is 0 Å². The smallest absolute Gasteiger partial charge is 0.0786 e. The maximum atomic E-state index is 6.25. The monoisotopic (exact) mass is 280 g/mol. The van der Waals surface area contributed by atoms with Gasteiger partial charge in [-0.15, -0.1) is 0 Å². The number of benzene rings is 1. The van der Waals surface area contributed by atoms with Crippen molar-refractivity contribution in [3.8, 4) is 0 Å². The van der Waals surface area contributed by atoms with Gasteiger partial charge in [0.2, 0.25) is 0 Å². The van der Waals surface area contributed by atoms with E-state index in [1.54, 1.807) is 11.3 Å². The van der Waals surface area contributed by atoms with E-state index in [0.29, 0.717) is 0 Å². The van der Waals surface area contributed by atoms with Gasteiger partial charge in [-0.1, -0.05) is 17.7 Å². The van der Waals surface area contributed by atoms with Crippen LogP contribution in [0.4, 0.5) is 11.4 Å². The van der Waals surface area contributed by atoms with Crippen molar-refractivity contribution in [1.29, 1.82) is 0 Å². The molecular formula is C14H17ClN2S. The molecule has 0 fully saturated rings. The second-order valence-corrected chi connectivity index (χ2v) is 5.64.